The fourth-order valence-electron chi connectivity index (χ4n) is 4.14. The molecule has 0 radical (unpaired) electrons. The average Bonchev–Trinajstić information content (AvgIpc) is 3.09. The quantitative estimate of drug-likeness (QED) is 0.734. The van der Waals surface area contributed by atoms with Gasteiger partial charge < -0.3 is 9.47 Å². The molecule has 0 amide bonds. The summed E-state index contributed by atoms with van der Waals surface area (Å²) in [7, 11) is 3.13. The Labute approximate surface area is 162 Å². The van der Waals surface area contributed by atoms with Gasteiger partial charge in [-0.15, -0.1) is 0 Å². The molecule has 2 fully saturated rings. The van der Waals surface area contributed by atoms with Crippen LogP contribution in [0.25, 0.3) is 0 Å². The van der Waals surface area contributed by atoms with E-state index in [4.69, 9.17) is 14.3 Å². The van der Waals surface area contributed by atoms with Crippen LogP contribution >= 0.6 is 0 Å². The Kier molecular flexibility index (Phi) is 6.30. The molecule has 1 aliphatic heterocycles. The maximum atomic E-state index is 13.4. The Balaban J connectivity index is 1.93. The lowest BCUT2D eigenvalue weighted by molar-refractivity contribution is -0.110. The normalized spacial score (nSPS) is 25.1. The van der Waals surface area contributed by atoms with Gasteiger partial charge >= 0.3 is 0 Å². The molecule has 1 aromatic carbocycles. The molecule has 0 spiro atoms. The molecule has 3 rings (SSSR count). The van der Waals surface area contributed by atoms with Crippen LogP contribution in [0.15, 0.2) is 18.2 Å². The van der Waals surface area contributed by atoms with Crippen LogP contribution in [0, 0.1) is 0 Å². The number of rotatable bonds is 6. The molecule has 0 N–H and O–H groups in total. The topological polar surface area (TPSA) is 68.3 Å². The van der Waals surface area contributed by atoms with Gasteiger partial charge in [-0.3, -0.25) is 4.84 Å². The molecular formula is C19H30N2O5S. The highest BCUT2D eigenvalue weighted by molar-refractivity contribution is 7.89. The SMILES string of the molecule is COc1cc(OC)cc(C2C(S(=O)(=O)N(C)C3CCCCC3)CON2C)c1. The Bertz CT molecular complexity index is 726. The van der Waals surface area contributed by atoms with Crippen molar-refractivity contribution in [2.45, 2.75) is 49.4 Å². The summed E-state index contributed by atoms with van der Waals surface area (Å²) < 4.78 is 39.2. The van der Waals surface area contributed by atoms with Gasteiger partial charge in [-0.25, -0.2) is 12.7 Å². The van der Waals surface area contributed by atoms with Crippen molar-refractivity contribution in [3.63, 3.8) is 0 Å². The number of hydroxylamine groups is 2. The van der Waals surface area contributed by atoms with Crippen LogP contribution in [0.2, 0.25) is 0 Å². The van der Waals surface area contributed by atoms with Gasteiger partial charge in [0.05, 0.1) is 26.9 Å². The number of sulfonamides is 1. The first-order valence-electron chi connectivity index (χ1n) is 9.44. The van der Waals surface area contributed by atoms with Crippen LogP contribution in [0.1, 0.15) is 43.7 Å². The molecular weight excluding hydrogens is 368 g/mol. The second-order valence-electron chi connectivity index (χ2n) is 7.32. The summed E-state index contributed by atoms with van der Waals surface area (Å²) in [6, 6.07) is 5.13. The minimum atomic E-state index is -3.52. The number of methoxy groups -OCH3 is 2. The average molecular weight is 399 g/mol. The summed E-state index contributed by atoms with van der Waals surface area (Å²) in [5.74, 6) is 1.25. The third-order valence-corrected chi connectivity index (χ3v) is 8.03. The summed E-state index contributed by atoms with van der Waals surface area (Å²) in [5, 5.41) is 0.955. The van der Waals surface area contributed by atoms with Crippen LogP contribution in [0.4, 0.5) is 0 Å². The summed E-state index contributed by atoms with van der Waals surface area (Å²) in [4.78, 5) is 5.65. The third kappa shape index (κ3) is 4.08. The minimum absolute atomic E-state index is 0.0788. The van der Waals surface area contributed by atoms with Crippen molar-refractivity contribution in [1.82, 2.24) is 9.37 Å². The Morgan fingerprint density at radius 3 is 2.22 bits per heavy atom. The first kappa shape index (κ1) is 20.4. The molecule has 1 aromatic rings. The molecule has 2 aliphatic rings. The molecule has 0 bridgehead atoms. The Hall–Kier alpha value is -1.35. The van der Waals surface area contributed by atoms with Crippen molar-refractivity contribution in [2.24, 2.45) is 0 Å². The zero-order chi connectivity index (χ0) is 19.6. The smallest absolute Gasteiger partial charge is 0.221 e. The molecule has 152 valence electrons. The number of ether oxygens (including phenoxy) is 2. The molecule has 1 heterocycles. The third-order valence-electron chi connectivity index (χ3n) is 5.77. The molecule has 1 aliphatic carbocycles. The van der Waals surface area contributed by atoms with Gasteiger partial charge in [0.15, 0.2) is 0 Å². The Morgan fingerprint density at radius 2 is 1.67 bits per heavy atom. The van der Waals surface area contributed by atoms with Crippen LogP contribution in [0.5, 0.6) is 11.5 Å². The van der Waals surface area contributed by atoms with Gasteiger partial charge in [-0.2, -0.15) is 5.06 Å². The van der Waals surface area contributed by atoms with E-state index < -0.39 is 21.3 Å². The first-order chi connectivity index (χ1) is 12.9. The summed E-state index contributed by atoms with van der Waals surface area (Å²) in [6.07, 6.45) is 5.21. The standard InChI is InChI=1S/C19H30N2O5S/c1-20-19(14-10-16(24-3)12-17(11-14)25-4)18(13-26-20)27(22,23)21(2)15-8-6-5-7-9-15/h10-12,15,18-19H,5-9,13H2,1-4H3. The second kappa shape index (κ2) is 8.34. The molecule has 27 heavy (non-hydrogen) atoms. The van der Waals surface area contributed by atoms with Gasteiger partial charge in [0.1, 0.15) is 16.7 Å². The fourth-order valence-corrected chi connectivity index (χ4v) is 6.08. The lowest BCUT2D eigenvalue weighted by atomic mass is 9.96. The van der Waals surface area contributed by atoms with Crippen molar-refractivity contribution < 1.29 is 22.7 Å². The van der Waals surface area contributed by atoms with Crippen molar-refractivity contribution in [2.75, 3.05) is 34.9 Å². The number of nitrogens with zero attached hydrogens (tertiary/aromatic N) is 2. The van der Waals surface area contributed by atoms with E-state index in [1.54, 1.807) is 43.7 Å². The molecule has 7 nitrogen and oxygen atoms in total. The zero-order valence-electron chi connectivity index (χ0n) is 16.6. The lowest BCUT2D eigenvalue weighted by Gasteiger charge is -2.33. The van der Waals surface area contributed by atoms with Crippen molar-refractivity contribution in [3.05, 3.63) is 23.8 Å². The maximum Gasteiger partial charge on any atom is 0.221 e. The van der Waals surface area contributed by atoms with Crippen molar-refractivity contribution >= 4 is 10.0 Å². The van der Waals surface area contributed by atoms with Crippen LogP contribution in [0.3, 0.4) is 0 Å². The van der Waals surface area contributed by atoms with Crippen molar-refractivity contribution in [3.8, 4) is 11.5 Å². The molecule has 8 heteroatoms. The fraction of sp³-hybridized carbons (Fsp3) is 0.684. The second-order valence-corrected chi connectivity index (χ2v) is 9.54. The van der Waals surface area contributed by atoms with Gasteiger partial charge in [0.25, 0.3) is 0 Å². The summed E-state index contributed by atoms with van der Waals surface area (Å²) in [5.41, 5.74) is 0.803. The van der Waals surface area contributed by atoms with Gasteiger partial charge in [-0.05, 0) is 30.5 Å². The van der Waals surface area contributed by atoms with E-state index in [9.17, 15) is 8.42 Å². The predicted octanol–water partition coefficient (Wildman–Crippen LogP) is 2.58. The Morgan fingerprint density at radius 1 is 1.07 bits per heavy atom. The molecule has 1 saturated carbocycles. The van der Waals surface area contributed by atoms with E-state index in [1.807, 2.05) is 12.1 Å². The number of hydrogen-bond donors (Lipinski definition) is 0. The van der Waals surface area contributed by atoms with Gasteiger partial charge in [0, 0.05) is 26.2 Å². The molecule has 2 atom stereocenters. The first-order valence-corrected chi connectivity index (χ1v) is 10.9. The van der Waals surface area contributed by atoms with E-state index in [-0.39, 0.29) is 12.6 Å². The van der Waals surface area contributed by atoms with Crippen LogP contribution in [-0.2, 0) is 14.9 Å². The minimum Gasteiger partial charge on any atom is -0.497 e. The lowest BCUT2D eigenvalue weighted by Crippen LogP contribution is -2.45. The molecule has 2 unspecified atom stereocenters. The van der Waals surface area contributed by atoms with E-state index in [2.05, 4.69) is 0 Å². The largest absolute Gasteiger partial charge is 0.497 e. The van der Waals surface area contributed by atoms with Gasteiger partial charge in [-0.1, -0.05) is 19.3 Å². The summed E-state index contributed by atoms with van der Waals surface area (Å²) >= 11 is 0. The predicted molar refractivity (Wildman–Crippen MR) is 103 cm³/mol. The maximum absolute atomic E-state index is 13.4. The van der Waals surface area contributed by atoms with Gasteiger partial charge in [0.2, 0.25) is 10.0 Å². The zero-order valence-corrected chi connectivity index (χ0v) is 17.4. The highest BCUT2D eigenvalue weighted by Gasteiger charge is 2.46. The van der Waals surface area contributed by atoms with E-state index in [0.29, 0.717) is 11.5 Å². The highest BCUT2D eigenvalue weighted by Crippen LogP contribution is 2.39. The van der Waals surface area contributed by atoms with Crippen molar-refractivity contribution in [1.29, 1.82) is 0 Å². The molecule has 1 saturated heterocycles. The number of hydrogen-bond acceptors (Lipinski definition) is 6. The summed E-state index contributed by atoms with van der Waals surface area (Å²) in [6.45, 7) is 0.139. The van der Waals surface area contributed by atoms with Crippen LogP contribution < -0.4 is 9.47 Å². The van der Waals surface area contributed by atoms with E-state index in [1.165, 1.54) is 6.42 Å². The highest BCUT2D eigenvalue weighted by atomic mass is 32.2. The van der Waals surface area contributed by atoms with Crippen LogP contribution in [-0.4, -0.2) is 64.0 Å². The monoisotopic (exact) mass is 398 g/mol. The molecule has 0 aromatic heterocycles. The van der Waals surface area contributed by atoms with E-state index >= 15 is 0 Å². The number of benzene rings is 1. The van der Waals surface area contributed by atoms with E-state index in [0.717, 1.165) is 31.2 Å².